The Morgan fingerprint density at radius 3 is 2.08 bits per heavy atom. The van der Waals surface area contributed by atoms with Crippen LogP contribution in [0.5, 0.6) is 0 Å². The average molecular weight is 510 g/mol. The van der Waals surface area contributed by atoms with E-state index in [0.717, 1.165) is 16.7 Å². The van der Waals surface area contributed by atoms with Gasteiger partial charge in [0, 0.05) is 12.6 Å². The number of carbonyl (C=O) groups is 3. The third-order valence-corrected chi connectivity index (χ3v) is 6.24. The van der Waals surface area contributed by atoms with E-state index in [9.17, 15) is 14.4 Å². The van der Waals surface area contributed by atoms with E-state index < -0.39 is 23.8 Å². The SMILES string of the molecule is CCC(C)N(C(=O)C(NC(=O)OC(C)(C)C)C(C)C)C(C(=O)NCc1ccccc1)c1ccccc1C. The first-order chi connectivity index (χ1) is 17.4. The number of nitrogens with zero attached hydrogens (tertiary/aromatic N) is 1. The molecule has 0 aliphatic rings. The first-order valence-corrected chi connectivity index (χ1v) is 13.0. The fourth-order valence-corrected chi connectivity index (χ4v) is 4.10. The minimum Gasteiger partial charge on any atom is -0.444 e. The minimum absolute atomic E-state index is 0.225. The van der Waals surface area contributed by atoms with Crippen LogP contribution in [0.4, 0.5) is 4.79 Å². The molecular weight excluding hydrogens is 466 g/mol. The molecule has 0 saturated heterocycles. The molecule has 2 N–H and O–H groups in total. The number of ether oxygens (including phenoxy) is 1. The second-order valence-electron chi connectivity index (χ2n) is 10.8. The van der Waals surface area contributed by atoms with Crippen molar-refractivity contribution in [2.24, 2.45) is 5.92 Å². The molecule has 0 aromatic heterocycles. The molecule has 0 aliphatic carbocycles. The maximum Gasteiger partial charge on any atom is 0.408 e. The predicted molar refractivity (Wildman–Crippen MR) is 147 cm³/mol. The lowest BCUT2D eigenvalue weighted by Gasteiger charge is -2.39. The second-order valence-corrected chi connectivity index (χ2v) is 10.8. The van der Waals surface area contributed by atoms with Crippen LogP contribution in [0.15, 0.2) is 54.6 Å². The van der Waals surface area contributed by atoms with Crippen molar-refractivity contribution >= 4 is 17.9 Å². The normalized spacial score (nSPS) is 13.9. The smallest absolute Gasteiger partial charge is 0.408 e. The zero-order chi connectivity index (χ0) is 27.8. The summed E-state index contributed by atoms with van der Waals surface area (Å²) in [6, 6.07) is 15.3. The fourth-order valence-electron chi connectivity index (χ4n) is 4.10. The van der Waals surface area contributed by atoms with Crippen molar-refractivity contribution in [3.05, 3.63) is 71.3 Å². The van der Waals surface area contributed by atoms with Gasteiger partial charge in [-0.25, -0.2) is 4.79 Å². The summed E-state index contributed by atoms with van der Waals surface area (Å²) in [7, 11) is 0. The summed E-state index contributed by atoms with van der Waals surface area (Å²) in [5.41, 5.74) is 1.92. The second kappa shape index (κ2) is 13.3. The van der Waals surface area contributed by atoms with Crippen molar-refractivity contribution in [2.45, 2.75) is 92.1 Å². The predicted octanol–water partition coefficient (Wildman–Crippen LogP) is 5.53. The number of aryl methyl sites for hydroxylation is 1. The van der Waals surface area contributed by atoms with E-state index in [1.54, 1.807) is 25.7 Å². The zero-order valence-corrected chi connectivity index (χ0v) is 23.5. The highest BCUT2D eigenvalue weighted by molar-refractivity contribution is 5.92. The van der Waals surface area contributed by atoms with E-state index in [4.69, 9.17) is 4.74 Å². The number of benzene rings is 2. The van der Waals surface area contributed by atoms with E-state index in [0.29, 0.717) is 13.0 Å². The number of amides is 3. The van der Waals surface area contributed by atoms with E-state index in [1.807, 2.05) is 89.2 Å². The summed E-state index contributed by atoms with van der Waals surface area (Å²) >= 11 is 0. The van der Waals surface area contributed by atoms with Gasteiger partial charge in [-0.05, 0) is 63.6 Å². The average Bonchev–Trinajstić information content (AvgIpc) is 2.83. The van der Waals surface area contributed by atoms with Gasteiger partial charge in [0.2, 0.25) is 11.8 Å². The van der Waals surface area contributed by atoms with Gasteiger partial charge in [0.05, 0.1) is 0 Å². The van der Waals surface area contributed by atoms with Gasteiger partial charge in [-0.1, -0.05) is 75.4 Å². The van der Waals surface area contributed by atoms with Crippen LogP contribution in [-0.4, -0.2) is 40.5 Å². The lowest BCUT2D eigenvalue weighted by Crippen LogP contribution is -2.57. The number of alkyl carbamates (subject to hydrolysis) is 1. The molecule has 2 aromatic rings. The topological polar surface area (TPSA) is 87.7 Å². The Labute approximate surface area is 222 Å². The van der Waals surface area contributed by atoms with Gasteiger partial charge < -0.3 is 20.3 Å². The standard InChI is InChI=1S/C30H43N3O4/c1-9-22(5)33(28(35)25(20(2)3)32-29(36)37-30(6,7)8)26(24-18-14-13-15-21(24)4)27(34)31-19-23-16-11-10-12-17-23/h10-18,20,22,25-26H,9,19H2,1-8H3,(H,31,34)(H,32,36). The minimum atomic E-state index is -0.867. The Kier molecular flexibility index (Phi) is 10.7. The molecule has 0 saturated carbocycles. The monoisotopic (exact) mass is 509 g/mol. The summed E-state index contributed by atoms with van der Waals surface area (Å²) in [5.74, 6) is -0.818. The highest BCUT2D eigenvalue weighted by atomic mass is 16.6. The third-order valence-electron chi connectivity index (χ3n) is 6.24. The van der Waals surface area contributed by atoms with Gasteiger partial charge in [-0.3, -0.25) is 9.59 Å². The van der Waals surface area contributed by atoms with E-state index in [1.165, 1.54) is 0 Å². The molecule has 0 heterocycles. The summed E-state index contributed by atoms with van der Waals surface area (Å²) in [6.45, 7) is 15.2. The summed E-state index contributed by atoms with van der Waals surface area (Å²) in [5, 5.41) is 5.80. The highest BCUT2D eigenvalue weighted by Crippen LogP contribution is 2.29. The van der Waals surface area contributed by atoms with Crippen LogP contribution in [0.25, 0.3) is 0 Å². The molecule has 0 radical (unpaired) electrons. The van der Waals surface area contributed by atoms with Crippen LogP contribution in [-0.2, 0) is 20.9 Å². The van der Waals surface area contributed by atoms with Gasteiger partial charge in [-0.2, -0.15) is 0 Å². The number of hydrogen-bond acceptors (Lipinski definition) is 4. The van der Waals surface area contributed by atoms with Crippen molar-refractivity contribution in [1.82, 2.24) is 15.5 Å². The van der Waals surface area contributed by atoms with Crippen LogP contribution in [0.2, 0.25) is 0 Å². The van der Waals surface area contributed by atoms with Crippen LogP contribution in [0.3, 0.4) is 0 Å². The van der Waals surface area contributed by atoms with Gasteiger partial charge >= 0.3 is 6.09 Å². The number of rotatable bonds is 10. The molecule has 37 heavy (non-hydrogen) atoms. The Morgan fingerprint density at radius 1 is 0.946 bits per heavy atom. The maximum atomic E-state index is 14.2. The Hall–Kier alpha value is -3.35. The van der Waals surface area contributed by atoms with Gasteiger partial charge in [0.1, 0.15) is 17.7 Å². The fraction of sp³-hybridized carbons (Fsp3) is 0.500. The summed E-state index contributed by atoms with van der Waals surface area (Å²) in [4.78, 5) is 42.3. The Balaban J connectivity index is 2.49. The van der Waals surface area contributed by atoms with Gasteiger partial charge in [0.15, 0.2) is 0 Å². The summed E-state index contributed by atoms with van der Waals surface area (Å²) in [6.07, 6.45) is -0.0261. The van der Waals surface area contributed by atoms with Gasteiger partial charge in [-0.15, -0.1) is 0 Å². The van der Waals surface area contributed by atoms with Crippen molar-refractivity contribution < 1.29 is 19.1 Å². The molecule has 0 aliphatic heterocycles. The first-order valence-electron chi connectivity index (χ1n) is 13.0. The Morgan fingerprint density at radius 2 is 1.54 bits per heavy atom. The summed E-state index contributed by atoms with van der Waals surface area (Å²) < 4.78 is 5.43. The Bertz CT molecular complexity index is 1050. The molecule has 3 atom stereocenters. The zero-order valence-electron chi connectivity index (χ0n) is 23.5. The van der Waals surface area contributed by atoms with Crippen LogP contribution in [0, 0.1) is 12.8 Å². The van der Waals surface area contributed by atoms with E-state index >= 15 is 0 Å². The quantitative estimate of drug-likeness (QED) is 0.441. The molecular formula is C30H43N3O4. The maximum absolute atomic E-state index is 14.2. The molecule has 3 amide bonds. The molecule has 7 heteroatoms. The van der Waals surface area contributed by atoms with Crippen molar-refractivity contribution in [3.63, 3.8) is 0 Å². The van der Waals surface area contributed by atoms with Crippen LogP contribution < -0.4 is 10.6 Å². The number of hydrogen-bond donors (Lipinski definition) is 2. The molecule has 0 bridgehead atoms. The molecule has 7 nitrogen and oxygen atoms in total. The molecule has 0 spiro atoms. The van der Waals surface area contributed by atoms with E-state index in [-0.39, 0.29) is 23.8 Å². The first kappa shape index (κ1) is 29.9. The molecule has 202 valence electrons. The van der Waals surface area contributed by atoms with Crippen molar-refractivity contribution in [1.29, 1.82) is 0 Å². The lowest BCUT2D eigenvalue weighted by atomic mass is 9.94. The number of nitrogens with one attached hydrogen (secondary N) is 2. The molecule has 2 rings (SSSR count). The lowest BCUT2D eigenvalue weighted by molar-refractivity contribution is -0.146. The van der Waals surface area contributed by atoms with E-state index in [2.05, 4.69) is 10.6 Å². The largest absolute Gasteiger partial charge is 0.444 e. The highest BCUT2D eigenvalue weighted by Gasteiger charge is 2.39. The van der Waals surface area contributed by atoms with Crippen LogP contribution in [0.1, 0.15) is 77.6 Å². The van der Waals surface area contributed by atoms with Gasteiger partial charge in [0.25, 0.3) is 0 Å². The molecule has 3 unspecified atom stereocenters. The molecule has 0 fully saturated rings. The van der Waals surface area contributed by atoms with Crippen LogP contribution >= 0.6 is 0 Å². The van der Waals surface area contributed by atoms with Crippen molar-refractivity contribution in [3.8, 4) is 0 Å². The molecule has 2 aromatic carbocycles. The van der Waals surface area contributed by atoms with Crippen molar-refractivity contribution in [2.75, 3.05) is 0 Å². The number of carbonyl (C=O) groups excluding carboxylic acids is 3. The third kappa shape index (κ3) is 8.62.